The highest BCUT2D eigenvalue weighted by molar-refractivity contribution is 5.96. The number of methoxy groups -OCH3 is 1. The lowest BCUT2D eigenvalue weighted by Gasteiger charge is -2.32. The van der Waals surface area contributed by atoms with Crippen molar-refractivity contribution in [3.05, 3.63) is 54.0 Å². The molecule has 2 N–H and O–H groups in total. The molecule has 3 heterocycles. The predicted octanol–water partition coefficient (Wildman–Crippen LogP) is 0.429. The molecule has 4 atom stereocenters. The summed E-state index contributed by atoms with van der Waals surface area (Å²) in [6, 6.07) is 3.84. The van der Waals surface area contributed by atoms with Gasteiger partial charge in [0.15, 0.2) is 11.2 Å². The Morgan fingerprint density at radius 2 is 2.15 bits per heavy atom. The summed E-state index contributed by atoms with van der Waals surface area (Å²) in [5.74, 6) is -2.51. The Labute approximate surface area is 155 Å². The molecule has 138 valence electrons. The Morgan fingerprint density at radius 3 is 2.67 bits per heavy atom. The fraction of sp³-hybridized carbons (Fsp3) is 0.316. The molecule has 0 aliphatic carbocycles. The SMILES string of the molecule is COC(=O)C1(C#N)C(c2cccnc2)C(C(C)=O)N2C=C(C(N)=O)C=CC21. The lowest BCUT2D eigenvalue weighted by atomic mass is 9.68. The van der Waals surface area contributed by atoms with Crippen LogP contribution in [-0.2, 0) is 19.1 Å². The third-order valence-electron chi connectivity index (χ3n) is 5.11. The Balaban J connectivity index is 2.29. The highest BCUT2D eigenvalue weighted by Crippen LogP contribution is 2.53. The average molecular weight is 366 g/mol. The first kappa shape index (κ1) is 18.3. The molecule has 0 aromatic carbocycles. The Bertz CT molecular complexity index is 902. The lowest BCUT2D eigenvalue weighted by Crippen LogP contribution is -2.45. The van der Waals surface area contributed by atoms with E-state index in [4.69, 9.17) is 10.5 Å². The monoisotopic (exact) mass is 366 g/mol. The molecular formula is C19H18N4O4. The van der Waals surface area contributed by atoms with Gasteiger partial charge in [-0.15, -0.1) is 0 Å². The molecule has 1 aromatic rings. The van der Waals surface area contributed by atoms with E-state index in [2.05, 4.69) is 11.1 Å². The van der Waals surface area contributed by atoms with E-state index in [1.807, 2.05) is 0 Å². The maximum Gasteiger partial charge on any atom is 0.329 e. The van der Waals surface area contributed by atoms with Crippen molar-refractivity contribution in [1.29, 1.82) is 5.26 Å². The average Bonchev–Trinajstić information content (AvgIpc) is 2.98. The van der Waals surface area contributed by atoms with E-state index in [1.165, 1.54) is 32.5 Å². The first-order valence-electron chi connectivity index (χ1n) is 8.25. The summed E-state index contributed by atoms with van der Waals surface area (Å²) in [4.78, 5) is 42.7. The number of aromatic nitrogens is 1. The van der Waals surface area contributed by atoms with Gasteiger partial charge in [-0.2, -0.15) is 5.26 Å². The number of pyridine rings is 1. The van der Waals surface area contributed by atoms with Crippen LogP contribution in [0.1, 0.15) is 18.4 Å². The number of ketones is 1. The summed E-state index contributed by atoms with van der Waals surface area (Å²) in [5.41, 5.74) is 4.41. The third kappa shape index (κ3) is 2.59. The maximum absolute atomic E-state index is 12.8. The van der Waals surface area contributed by atoms with Crippen molar-refractivity contribution in [3.63, 3.8) is 0 Å². The van der Waals surface area contributed by atoms with Crippen LogP contribution < -0.4 is 5.73 Å². The minimum Gasteiger partial charge on any atom is -0.468 e. The quantitative estimate of drug-likeness (QED) is 0.766. The summed E-state index contributed by atoms with van der Waals surface area (Å²) >= 11 is 0. The molecule has 1 fully saturated rings. The molecule has 0 saturated carbocycles. The van der Waals surface area contributed by atoms with Crippen LogP contribution in [0.3, 0.4) is 0 Å². The van der Waals surface area contributed by atoms with Gasteiger partial charge in [0.25, 0.3) is 0 Å². The van der Waals surface area contributed by atoms with Crippen molar-refractivity contribution < 1.29 is 19.1 Å². The standard InChI is InChI=1S/C19H18N4O4/c1-11(24)16-15(12-4-3-7-22-8-12)19(10-20,18(26)27-2)14-6-5-13(17(21)25)9-23(14)16/h3-9,14-16H,1-2H3,(H2,21,25). The van der Waals surface area contributed by atoms with Gasteiger partial charge in [0, 0.05) is 24.5 Å². The number of carbonyl (C=O) groups is 3. The van der Waals surface area contributed by atoms with Crippen molar-refractivity contribution in [1.82, 2.24) is 9.88 Å². The van der Waals surface area contributed by atoms with Gasteiger partial charge in [-0.3, -0.25) is 19.4 Å². The number of ether oxygens (including phenoxy) is 1. The zero-order chi connectivity index (χ0) is 19.8. The number of amides is 1. The van der Waals surface area contributed by atoms with E-state index in [9.17, 15) is 19.6 Å². The molecule has 2 aliphatic heterocycles. The van der Waals surface area contributed by atoms with Crippen molar-refractivity contribution >= 4 is 17.7 Å². The lowest BCUT2D eigenvalue weighted by molar-refractivity contribution is -0.150. The molecule has 1 saturated heterocycles. The van der Waals surface area contributed by atoms with Crippen molar-refractivity contribution in [3.8, 4) is 6.07 Å². The summed E-state index contributed by atoms with van der Waals surface area (Å²) in [7, 11) is 1.20. The highest BCUT2D eigenvalue weighted by atomic mass is 16.5. The van der Waals surface area contributed by atoms with E-state index >= 15 is 0 Å². The van der Waals surface area contributed by atoms with Crippen molar-refractivity contribution in [2.75, 3.05) is 7.11 Å². The molecule has 8 heteroatoms. The largest absolute Gasteiger partial charge is 0.468 e. The fourth-order valence-electron chi connectivity index (χ4n) is 4.02. The molecular weight excluding hydrogens is 348 g/mol. The number of esters is 1. The molecule has 4 unspecified atom stereocenters. The molecule has 0 radical (unpaired) electrons. The van der Waals surface area contributed by atoms with E-state index < -0.39 is 35.3 Å². The van der Waals surface area contributed by atoms with Gasteiger partial charge >= 0.3 is 5.97 Å². The number of carbonyl (C=O) groups excluding carboxylic acids is 3. The van der Waals surface area contributed by atoms with Crippen LogP contribution in [-0.4, -0.2) is 46.7 Å². The van der Waals surface area contributed by atoms with Crippen LogP contribution in [0.15, 0.2) is 48.5 Å². The second kappa shape index (κ2) is 6.68. The van der Waals surface area contributed by atoms with Crippen LogP contribution in [0.25, 0.3) is 0 Å². The second-order valence-corrected chi connectivity index (χ2v) is 6.49. The number of primary amides is 1. The number of nitrogens with two attached hydrogens (primary N) is 1. The summed E-state index contributed by atoms with van der Waals surface area (Å²) in [6.45, 7) is 1.38. The molecule has 0 spiro atoms. The van der Waals surface area contributed by atoms with E-state index in [0.29, 0.717) is 5.56 Å². The number of fused-ring (bicyclic) bond motifs is 1. The zero-order valence-corrected chi connectivity index (χ0v) is 14.8. The van der Waals surface area contributed by atoms with E-state index in [-0.39, 0.29) is 11.4 Å². The summed E-state index contributed by atoms with van der Waals surface area (Å²) in [5, 5.41) is 10.1. The van der Waals surface area contributed by atoms with Gasteiger partial charge in [-0.1, -0.05) is 12.1 Å². The first-order chi connectivity index (χ1) is 12.9. The van der Waals surface area contributed by atoms with Crippen LogP contribution in [0.4, 0.5) is 0 Å². The van der Waals surface area contributed by atoms with Gasteiger partial charge < -0.3 is 15.4 Å². The topological polar surface area (TPSA) is 126 Å². The van der Waals surface area contributed by atoms with E-state index in [1.54, 1.807) is 29.3 Å². The summed E-state index contributed by atoms with van der Waals surface area (Å²) in [6.07, 6.45) is 7.53. The molecule has 1 aromatic heterocycles. The Kier molecular flexibility index (Phi) is 4.54. The first-order valence-corrected chi connectivity index (χ1v) is 8.25. The van der Waals surface area contributed by atoms with Crippen LogP contribution >= 0.6 is 0 Å². The number of rotatable bonds is 4. The minimum absolute atomic E-state index is 0.182. The van der Waals surface area contributed by atoms with Gasteiger partial charge in [0.2, 0.25) is 5.91 Å². The Hall–Kier alpha value is -3.47. The van der Waals surface area contributed by atoms with Crippen molar-refractivity contribution in [2.45, 2.75) is 24.9 Å². The number of hydrogen-bond acceptors (Lipinski definition) is 7. The molecule has 1 amide bonds. The molecule has 8 nitrogen and oxygen atoms in total. The van der Waals surface area contributed by atoms with Crippen LogP contribution in [0, 0.1) is 16.7 Å². The molecule has 27 heavy (non-hydrogen) atoms. The number of hydrogen-bond donors (Lipinski definition) is 1. The number of Topliss-reactive ketones (excluding diaryl/α,β-unsaturated/α-hetero) is 1. The zero-order valence-electron chi connectivity index (χ0n) is 14.8. The van der Waals surface area contributed by atoms with Crippen LogP contribution in [0.2, 0.25) is 0 Å². The third-order valence-corrected chi connectivity index (χ3v) is 5.11. The van der Waals surface area contributed by atoms with Crippen LogP contribution in [0.5, 0.6) is 0 Å². The van der Waals surface area contributed by atoms with E-state index in [0.717, 1.165) is 0 Å². The van der Waals surface area contributed by atoms with Gasteiger partial charge in [-0.25, -0.2) is 0 Å². The van der Waals surface area contributed by atoms with Gasteiger partial charge in [-0.05, 0) is 24.6 Å². The summed E-state index contributed by atoms with van der Waals surface area (Å²) < 4.78 is 4.97. The second-order valence-electron chi connectivity index (χ2n) is 6.49. The Morgan fingerprint density at radius 1 is 1.41 bits per heavy atom. The van der Waals surface area contributed by atoms with Crippen molar-refractivity contribution in [2.24, 2.45) is 11.1 Å². The van der Waals surface area contributed by atoms with Gasteiger partial charge in [0.05, 0.1) is 30.8 Å². The smallest absolute Gasteiger partial charge is 0.329 e. The number of nitriles is 1. The number of nitrogens with zero attached hydrogens (tertiary/aromatic N) is 3. The highest BCUT2D eigenvalue weighted by Gasteiger charge is 2.66. The fourth-order valence-corrected chi connectivity index (χ4v) is 4.02. The predicted molar refractivity (Wildman–Crippen MR) is 93.6 cm³/mol. The normalized spacial score (nSPS) is 28.7. The minimum atomic E-state index is -1.69. The molecule has 2 aliphatic rings. The molecule has 0 bridgehead atoms. The molecule has 3 rings (SSSR count). The van der Waals surface area contributed by atoms with Gasteiger partial charge in [0.1, 0.15) is 0 Å². The maximum atomic E-state index is 12.8.